The van der Waals surface area contributed by atoms with Crippen LogP contribution in [-0.2, 0) is 12.8 Å². The first-order valence-corrected chi connectivity index (χ1v) is 6.58. The quantitative estimate of drug-likeness (QED) is 0.761. The third-order valence-corrected chi connectivity index (χ3v) is 3.34. The number of carbonyl (C=O) groups is 1. The minimum absolute atomic E-state index is 0.0523. The van der Waals surface area contributed by atoms with Gasteiger partial charge in [0, 0.05) is 12.5 Å². The second kappa shape index (κ2) is 5.95. The predicted octanol–water partition coefficient (Wildman–Crippen LogP) is 4.26. The molecule has 0 saturated heterocycles. The molecular weight excluding hydrogens is 258 g/mol. The van der Waals surface area contributed by atoms with Gasteiger partial charge in [0.1, 0.15) is 11.6 Å². The Bertz CT molecular complexity index is 630. The van der Waals surface area contributed by atoms with E-state index in [9.17, 15) is 13.6 Å². The van der Waals surface area contributed by atoms with Crippen molar-refractivity contribution in [1.29, 1.82) is 0 Å². The summed E-state index contributed by atoms with van der Waals surface area (Å²) < 4.78 is 26.8. The van der Waals surface area contributed by atoms with Crippen LogP contribution in [0.4, 0.5) is 8.78 Å². The van der Waals surface area contributed by atoms with Crippen molar-refractivity contribution in [1.82, 2.24) is 0 Å². The molecule has 0 bridgehead atoms. The van der Waals surface area contributed by atoms with Crippen LogP contribution < -0.4 is 0 Å². The molecule has 0 atom stereocenters. The molecule has 2 rings (SSSR count). The molecule has 0 spiro atoms. The Labute approximate surface area is 117 Å². The van der Waals surface area contributed by atoms with E-state index in [2.05, 4.69) is 6.92 Å². The summed E-state index contributed by atoms with van der Waals surface area (Å²) in [4.78, 5) is 12.1. The molecule has 0 aliphatic heterocycles. The highest BCUT2D eigenvalue weighted by Gasteiger charge is 2.15. The minimum atomic E-state index is -0.803. The molecule has 0 aromatic heterocycles. The van der Waals surface area contributed by atoms with Crippen LogP contribution in [0.1, 0.15) is 34.0 Å². The van der Waals surface area contributed by atoms with Crippen molar-refractivity contribution in [3.05, 3.63) is 70.3 Å². The Morgan fingerprint density at radius 3 is 2.20 bits per heavy atom. The van der Waals surface area contributed by atoms with Gasteiger partial charge in [0.15, 0.2) is 5.78 Å². The van der Waals surface area contributed by atoms with Crippen LogP contribution in [0.15, 0.2) is 36.4 Å². The molecule has 0 saturated carbocycles. The summed E-state index contributed by atoms with van der Waals surface area (Å²) in [6, 6.07) is 9.68. The summed E-state index contributed by atoms with van der Waals surface area (Å²) in [7, 11) is 0. The van der Waals surface area contributed by atoms with Gasteiger partial charge in [0.2, 0.25) is 0 Å². The number of Topliss-reactive ketones (excluding diaryl/α,β-unsaturated/α-hetero) is 1. The van der Waals surface area contributed by atoms with Crippen molar-refractivity contribution in [2.24, 2.45) is 0 Å². The summed E-state index contributed by atoms with van der Waals surface area (Å²) in [5, 5.41) is 0. The molecule has 0 heterocycles. The van der Waals surface area contributed by atoms with Crippen molar-refractivity contribution >= 4 is 5.78 Å². The van der Waals surface area contributed by atoms with Gasteiger partial charge >= 0.3 is 0 Å². The summed E-state index contributed by atoms with van der Waals surface area (Å²) in [5.74, 6) is -1.77. The lowest BCUT2D eigenvalue weighted by atomic mass is 9.99. The lowest BCUT2D eigenvalue weighted by molar-refractivity contribution is 0.0989. The average molecular weight is 274 g/mol. The zero-order valence-electron chi connectivity index (χ0n) is 11.5. The van der Waals surface area contributed by atoms with E-state index in [1.165, 1.54) is 18.6 Å². The number of halogens is 2. The molecule has 104 valence electrons. The van der Waals surface area contributed by atoms with Crippen LogP contribution in [0.5, 0.6) is 0 Å². The fourth-order valence-corrected chi connectivity index (χ4v) is 2.04. The number of carbonyl (C=O) groups excluding carboxylic acids is 1. The van der Waals surface area contributed by atoms with Crippen LogP contribution in [0.25, 0.3) is 0 Å². The van der Waals surface area contributed by atoms with Crippen molar-refractivity contribution in [2.45, 2.75) is 26.7 Å². The molecule has 0 aliphatic rings. The van der Waals surface area contributed by atoms with E-state index < -0.39 is 11.6 Å². The third-order valence-electron chi connectivity index (χ3n) is 3.34. The second-order valence-corrected chi connectivity index (χ2v) is 4.85. The van der Waals surface area contributed by atoms with E-state index in [4.69, 9.17) is 0 Å². The molecule has 20 heavy (non-hydrogen) atoms. The number of benzene rings is 2. The zero-order valence-corrected chi connectivity index (χ0v) is 11.5. The van der Waals surface area contributed by atoms with E-state index in [1.807, 2.05) is 24.3 Å². The summed E-state index contributed by atoms with van der Waals surface area (Å²) in [6.45, 7) is 3.57. The maximum Gasteiger partial charge on any atom is 0.170 e. The Balaban J connectivity index is 2.21. The Kier molecular flexibility index (Phi) is 4.28. The smallest absolute Gasteiger partial charge is 0.170 e. The molecule has 0 aliphatic carbocycles. The Hall–Kier alpha value is -2.03. The summed E-state index contributed by atoms with van der Waals surface area (Å²) >= 11 is 0. The first-order valence-electron chi connectivity index (χ1n) is 6.58. The van der Waals surface area contributed by atoms with Gasteiger partial charge in [0.05, 0.1) is 5.56 Å². The molecule has 1 nitrogen and oxygen atoms in total. The largest absolute Gasteiger partial charge is 0.294 e. The van der Waals surface area contributed by atoms with Gasteiger partial charge in [0.25, 0.3) is 0 Å². The number of hydrogen-bond acceptors (Lipinski definition) is 1. The van der Waals surface area contributed by atoms with E-state index in [0.29, 0.717) is 0 Å². The van der Waals surface area contributed by atoms with Crippen molar-refractivity contribution in [2.75, 3.05) is 0 Å². The topological polar surface area (TPSA) is 17.1 Å². The SMILES string of the molecule is CCc1ccc(CC(=O)c2cc(C)c(F)cc2F)cc1. The van der Waals surface area contributed by atoms with Gasteiger partial charge < -0.3 is 0 Å². The average Bonchev–Trinajstić information content (AvgIpc) is 2.43. The van der Waals surface area contributed by atoms with Crippen LogP contribution in [0.3, 0.4) is 0 Å². The molecule has 0 fully saturated rings. The Morgan fingerprint density at radius 2 is 1.60 bits per heavy atom. The van der Waals surface area contributed by atoms with Gasteiger partial charge in [-0.05, 0) is 36.1 Å². The number of hydrogen-bond donors (Lipinski definition) is 0. The van der Waals surface area contributed by atoms with Crippen LogP contribution in [0, 0.1) is 18.6 Å². The van der Waals surface area contributed by atoms with Gasteiger partial charge in [-0.2, -0.15) is 0 Å². The fourth-order valence-electron chi connectivity index (χ4n) is 2.04. The minimum Gasteiger partial charge on any atom is -0.294 e. The van der Waals surface area contributed by atoms with Crippen LogP contribution >= 0.6 is 0 Å². The molecule has 0 N–H and O–H groups in total. The van der Waals surface area contributed by atoms with Crippen molar-refractivity contribution in [3.8, 4) is 0 Å². The van der Waals surface area contributed by atoms with E-state index >= 15 is 0 Å². The number of aryl methyl sites for hydroxylation is 2. The maximum atomic E-state index is 13.6. The van der Waals surface area contributed by atoms with Gasteiger partial charge in [-0.1, -0.05) is 31.2 Å². The molecule has 3 heteroatoms. The standard InChI is InChI=1S/C17H16F2O/c1-3-12-4-6-13(7-5-12)9-17(20)14-8-11(2)15(18)10-16(14)19/h4-8,10H,3,9H2,1-2H3. The monoisotopic (exact) mass is 274 g/mol. The first kappa shape index (κ1) is 14.4. The normalized spacial score (nSPS) is 10.6. The van der Waals surface area contributed by atoms with Crippen LogP contribution in [0.2, 0.25) is 0 Å². The van der Waals surface area contributed by atoms with Gasteiger partial charge in [-0.3, -0.25) is 4.79 Å². The summed E-state index contributed by atoms with van der Waals surface area (Å²) in [5.41, 5.74) is 2.23. The molecular formula is C17H16F2O. The van der Waals surface area contributed by atoms with E-state index in [0.717, 1.165) is 18.1 Å². The Morgan fingerprint density at radius 1 is 1.00 bits per heavy atom. The molecule has 0 unspecified atom stereocenters. The number of ketones is 1. The predicted molar refractivity (Wildman–Crippen MR) is 74.9 cm³/mol. The highest BCUT2D eigenvalue weighted by atomic mass is 19.1. The maximum absolute atomic E-state index is 13.6. The number of rotatable bonds is 4. The lowest BCUT2D eigenvalue weighted by Gasteiger charge is -2.06. The highest BCUT2D eigenvalue weighted by Crippen LogP contribution is 2.17. The first-order chi connectivity index (χ1) is 9.51. The highest BCUT2D eigenvalue weighted by molar-refractivity contribution is 5.97. The summed E-state index contributed by atoms with van der Waals surface area (Å²) in [6.07, 6.45) is 1.05. The van der Waals surface area contributed by atoms with Crippen molar-refractivity contribution in [3.63, 3.8) is 0 Å². The molecule has 0 amide bonds. The van der Waals surface area contributed by atoms with Crippen molar-refractivity contribution < 1.29 is 13.6 Å². The molecule has 0 radical (unpaired) electrons. The van der Waals surface area contributed by atoms with Gasteiger partial charge in [-0.15, -0.1) is 0 Å². The second-order valence-electron chi connectivity index (χ2n) is 4.85. The molecule has 2 aromatic rings. The van der Waals surface area contributed by atoms with E-state index in [-0.39, 0.29) is 23.3 Å². The third kappa shape index (κ3) is 3.10. The van der Waals surface area contributed by atoms with Crippen LogP contribution in [-0.4, -0.2) is 5.78 Å². The molecule has 2 aromatic carbocycles. The zero-order chi connectivity index (χ0) is 14.7. The lowest BCUT2D eigenvalue weighted by Crippen LogP contribution is -2.07. The fraction of sp³-hybridized carbons (Fsp3) is 0.235. The van der Waals surface area contributed by atoms with E-state index in [1.54, 1.807) is 0 Å². The van der Waals surface area contributed by atoms with Gasteiger partial charge in [-0.25, -0.2) is 8.78 Å².